The third-order valence-corrected chi connectivity index (χ3v) is 16.1. The van der Waals surface area contributed by atoms with Crippen LogP contribution in [0.3, 0.4) is 0 Å². The molecule has 11 amide bonds. The van der Waals surface area contributed by atoms with E-state index in [1.165, 1.54) is 93.8 Å². The van der Waals surface area contributed by atoms with Gasteiger partial charge in [0.25, 0.3) is 0 Å². The molecule has 86 heavy (non-hydrogen) atoms. The molecule has 6 N–H and O–H groups in total. The van der Waals surface area contributed by atoms with Crippen molar-refractivity contribution in [2.45, 2.75) is 216 Å². The van der Waals surface area contributed by atoms with E-state index in [0.29, 0.717) is 0 Å². The topological polar surface area (TPSA) is 299 Å². The smallest absolute Gasteiger partial charge is 0.246 e. The zero-order valence-corrected chi connectivity index (χ0v) is 56.2. The van der Waals surface area contributed by atoms with E-state index in [1.807, 2.05) is 55.4 Å². The Morgan fingerprint density at radius 2 is 0.872 bits per heavy atom. The summed E-state index contributed by atoms with van der Waals surface area (Å²) in [5.41, 5.74) is 0. The fraction of sp³-hybridized carbons (Fsp3) is 0.790. The van der Waals surface area contributed by atoms with Crippen LogP contribution in [0, 0.1) is 41.4 Å². The Balaban J connectivity index is 4.33. The van der Waals surface area contributed by atoms with Gasteiger partial charge in [-0.2, -0.15) is 0 Å². The number of likely N-dealkylation sites (N-methyl/N-ethyl adjacent to an activating group) is 7. The number of hydrogen-bond donors (Lipinski definition) is 6. The second kappa shape index (κ2) is 35.6. The molecular formula is C62H111N11O13. The molecule has 24 nitrogen and oxygen atoms in total. The van der Waals surface area contributed by atoms with Crippen molar-refractivity contribution in [3.63, 3.8) is 0 Å². The Hall–Kier alpha value is -6.17. The highest BCUT2D eigenvalue weighted by molar-refractivity contribution is 5.99. The highest BCUT2D eigenvalue weighted by Crippen LogP contribution is 2.26. The number of aliphatic hydroxyl groups excluding tert-OH is 2. The van der Waals surface area contributed by atoms with Crippen LogP contribution in [0.5, 0.6) is 0 Å². The first-order chi connectivity index (χ1) is 39.7. The predicted octanol–water partition coefficient (Wildman–Crippen LogP) is 2.24. The molecular weight excluding hydrogens is 1110 g/mol. The van der Waals surface area contributed by atoms with Crippen molar-refractivity contribution in [2.24, 2.45) is 41.4 Å². The summed E-state index contributed by atoms with van der Waals surface area (Å²) >= 11 is 0. The van der Waals surface area contributed by atoms with E-state index in [1.54, 1.807) is 47.6 Å². The first-order valence-electron chi connectivity index (χ1n) is 30.7. The molecule has 0 radical (unpaired) electrons. The first-order valence-corrected chi connectivity index (χ1v) is 30.7. The summed E-state index contributed by atoms with van der Waals surface area (Å²) < 4.78 is 0. The lowest BCUT2D eigenvalue weighted by Gasteiger charge is -2.41. The van der Waals surface area contributed by atoms with Gasteiger partial charge in [-0.05, 0) is 93.8 Å². The molecule has 12 atom stereocenters. The van der Waals surface area contributed by atoms with E-state index < -0.39 is 156 Å². The zero-order chi connectivity index (χ0) is 66.7. The number of amides is 11. The Morgan fingerprint density at radius 3 is 1.33 bits per heavy atom. The maximum Gasteiger partial charge on any atom is 0.246 e. The van der Waals surface area contributed by atoms with Gasteiger partial charge in [0.15, 0.2) is 0 Å². The van der Waals surface area contributed by atoms with E-state index in [9.17, 15) is 53.4 Å². The Kier molecular flexibility index (Phi) is 32.2. The summed E-state index contributed by atoms with van der Waals surface area (Å²) in [4.78, 5) is 168. The first kappa shape index (κ1) is 77.8. The second-order valence-corrected chi connectivity index (χ2v) is 26.2. The summed E-state index contributed by atoms with van der Waals surface area (Å²) in [6, 6.07) is -12.5. The number of carbonyl (C=O) groups is 11. The minimum Gasteiger partial charge on any atom is -0.392 e. The van der Waals surface area contributed by atoms with Crippen molar-refractivity contribution in [3.8, 4) is 0 Å². The number of hydrogen-bond acceptors (Lipinski definition) is 13. The minimum atomic E-state index is -1.67. The largest absolute Gasteiger partial charge is 0.392 e. The van der Waals surface area contributed by atoms with Gasteiger partial charge in [0.05, 0.1) is 19.3 Å². The van der Waals surface area contributed by atoms with E-state index in [2.05, 4.69) is 21.3 Å². The molecule has 0 unspecified atom stereocenters. The number of nitrogens with zero attached hydrogens (tertiary/aromatic N) is 7. The van der Waals surface area contributed by atoms with Crippen LogP contribution in [0.1, 0.15) is 149 Å². The van der Waals surface area contributed by atoms with Gasteiger partial charge < -0.3 is 65.8 Å². The fourth-order valence-corrected chi connectivity index (χ4v) is 10.7. The summed E-state index contributed by atoms with van der Waals surface area (Å²) in [6.07, 6.45) is 2.22. The average Bonchev–Trinajstić information content (AvgIpc) is 1.45. The Morgan fingerprint density at radius 1 is 0.453 bits per heavy atom. The molecule has 1 aliphatic heterocycles. The van der Waals surface area contributed by atoms with Crippen LogP contribution < -0.4 is 21.3 Å². The van der Waals surface area contributed by atoms with E-state index in [0.717, 1.165) is 9.80 Å². The highest BCUT2D eigenvalue weighted by Gasteiger charge is 2.45. The quantitative estimate of drug-likeness (QED) is 0.121. The van der Waals surface area contributed by atoms with Crippen molar-refractivity contribution in [1.82, 2.24) is 55.6 Å². The summed E-state index contributed by atoms with van der Waals surface area (Å²) in [7, 11) is 9.80. The van der Waals surface area contributed by atoms with Gasteiger partial charge in [0.1, 0.15) is 60.4 Å². The van der Waals surface area contributed by atoms with Gasteiger partial charge >= 0.3 is 0 Å². The molecule has 0 aromatic carbocycles. The van der Waals surface area contributed by atoms with Crippen LogP contribution in [0.25, 0.3) is 0 Å². The van der Waals surface area contributed by atoms with Crippen molar-refractivity contribution >= 4 is 65.0 Å². The van der Waals surface area contributed by atoms with Crippen LogP contribution in [0.4, 0.5) is 0 Å². The molecule has 1 heterocycles. The Bertz CT molecular complexity index is 2350. The van der Waals surface area contributed by atoms with Crippen molar-refractivity contribution in [3.05, 3.63) is 12.2 Å². The molecule has 0 spiro atoms. The van der Waals surface area contributed by atoms with Crippen molar-refractivity contribution in [1.29, 1.82) is 0 Å². The van der Waals surface area contributed by atoms with E-state index >= 15 is 9.59 Å². The molecule has 1 rings (SSSR count). The highest BCUT2D eigenvalue weighted by atomic mass is 16.3. The third kappa shape index (κ3) is 21.9. The molecule has 1 fully saturated rings. The Labute approximate surface area is 513 Å². The number of carbonyl (C=O) groups excluding carboxylic acids is 11. The van der Waals surface area contributed by atoms with Crippen LogP contribution >= 0.6 is 0 Å². The van der Waals surface area contributed by atoms with Gasteiger partial charge in [0, 0.05) is 49.3 Å². The molecule has 0 aromatic rings. The zero-order valence-electron chi connectivity index (χ0n) is 56.2. The van der Waals surface area contributed by atoms with Gasteiger partial charge in [-0.15, -0.1) is 0 Å². The molecule has 0 aliphatic carbocycles. The summed E-state index contributed by atoms with van der Waals surface area (Å²) in [5, 5.41) is 32.5. The van der Waals surface area contributed by atoms with Crippen LogP contribution in [0.2, 0.25) is 0 Å². The van der Waals surface area contributed by atoms with Crippen LogP contribution in [-0.2, 0) is 52.7 Å². The van der Waals surface area contributed by atoms with Crippen molar-refractivity contribution < 1.29 is 63.0 Å². The fourth-order valence-electron chi connectivity index (χ4n) is 10.7. The van der Waals surface area contributed by atoms with E-state index in [4.69, 9.17) is 0 Å². The molecule has 1 aliphatic rings. The minimum absolute atomic E-state index is 0.00425. The molecule has 492 valence electrons. The second-order valence-electron chi connectivity index (χ2n) is 26.2. The van der Waals surface area contributed by atoms with Gasteiger partial charge in [-0.1, -0.05) is 109 Å². The number of allylic oxidation sites excluding steroid dienone is 1. The third-order valence-electron chi connectivity index (χ3n) is 16.1. The SMILES string of the molecule is CC[C@@H]1NC(=O)[C@H]([C@H](O)[C@H](C)C/C=C/CO)N(C)C(=O)[C@H](C(C)C)N(C)C(=O)[C@H](CC(C)C)N(C)C(=O)[C@H](CC(C)C)N(C)C(=O)[C@@H](C)NC(=O)[C@H](C)NC(=O)[C@@H](CC(C)C)N(C)C(=O)[C@@H](C(C)C)NC(=O)[C@@H](CC(C)C)N(C)C(=O)CN(C)C1=O. The van der Waals surface area contributed by atoms with Crippen molar-refractivity contribution in [2.75, 3.05) is 62.5 Å². The average molecular weight is 1220 g/mol. The summed E-state index contributed by atoms with van der Waals surface area (Å²) in [5.74, 6) is -10.1. The normalized spacial score (nSPS) is 26.7. The maximum absolute atomic E-state index is 15.1. The molecule has 0 aromatic heterocycles. The lowest BCUT2D eigenvalue weighted by molar-refractivity contribution is -0.157. The lowest BCUT2D eigenvalue weighted by Crippen LogP contribution is -2.63. The number of aliphatic hydroxyl groups is 2. The number of rotatable bonds is 16. The van der Waals surface area contributed by atoms with Crippen LogP contribution in [-0.4, -0.2) is 238 Å². The van der Waals surface area contributed by atoms with Gasteiger partial charge in [0.2, 0.25) is 65.0 Å². The molecule has 1 saturated heterocycles. The van der Waals surface area contributed by atoms with Gasteiger partial charge in [-0.25, -0.2) is 0 Å². The van der Waals surface area contributed by atoms with E-state index in [-0.39, 0.29) is 68.8 Å². The standard InChI is InChI=1S/C62H111N11O13/c1-24-43-58(82)67(17)33-48(75)68(18)44(29-34(2)3)55(79)66-49(38(10)11)61(85)69(19)45(30-35(4)5)54(78)63-41(15)53(77)64-42(16)57(81)70(20)46(31-36(6)7)59(83)71(21)47(32-37(8)9)60(84)72(22)50(39(12)13)62(86)73(23)51(56(80)65-43)52(76)40(14)27-25-26-28-74/h25-26,34-47,49-52,74,76H,24,27-33H2,1-23H3,(H,63,78)(H,64,77)(H,65,80)(H,66,79)/b26-25+/t40-,41+,42-,43+,44-,45-,46+,47+,49-,50+,51+,52-/m1/s1. The lowest BCUT2D eigenvalue weighted by atomic mass is 9.91. The monoisotopic (exact) mass is 1220 g/mol. The van der Waals surface area contributed by atoms with Gasteiger partial charge in [-0.3, -0.25) is 52.7 Å². The molecule has 0 bridgehead atoms. The predicted molar refractivity (Wildman–Crippen MR) is 330 cm³/mol. The summed E-state index contributed by atoms with van der Waals surface area (Å²) in [6.45, 7) is 27.0. The van der Waals surface area contributed by atoms with Crippen LogP contribution in [0.15, 0.2) is 12.2 Å². The number of nitrogens with one attached hydrogen (secondary N) is 4. The molecule has 24 heteroatoms. The maximum atomic E-state index is 15.1. The molecule has 0 saturated carbocycles.